The zero-order valence-electron chi connectivity index (χ0n) is 15.2. The number of alkyl carbamates (subject to hydrolysis) is 1. The Balaban J connectivity index is 1.51. The minimum atomic E-state index is -0.451. The molecule has 2 fully saturated rings. The molecule has 4 rings (SSSR count). The fourth-order valence-corrected chi connectivity index (χ4v) is 3.78. The van der Waals surface area contributed by atoms with Gasteiger partial charge >= 0.3 is 6.09 Å². The lowest BCUT2D eigenvalue weighted by molar-refractivity contribution is 0.00331. The Bertz CT molecular complexity index is 872. The molecular formula is C21H22N2O4. The van der Waals surface area contributed by atoms with Crippen LogP contribution in [0.25, 0.3) is 11.1 Å². The molecule has 2 saturated heterocycles. The molecule has 2 aliphatic heterocycles. The van der Waals surface area contributed by atoms with Crippen LogP contribution in [0.3, 0.4) is 0 Å². The van der Waals surface area contributed by atoms with Crippen molar-refractivity contribution in [2.75, 3.05) is 26.7 Å². The summed E-state index contributed by atoms with van der Waals surface area (Å²) in [6, 6.07) is 15.4. The third-order valence-corrected chi connectivity index (χ3v) is 5.35. The third-order valence-electron chi connectivity index (χ3n) is 5.35. The number of amides is 2. The largest absolute Gasteiger partial charge is 0.496 e. The molecule has 0 unspecified atom stereocenters. The van der Waals surface area contributed by atoms with Crippen LogP contribution < -0.4 is 10.1 Å². The first kappa shape index (κ1) is 17.4. The van der Waals surface area contributed by atoms with Crippen LogP contribution in [0, 0.1) is 0 Å². The lowest BCUT2D eigenvalue weighted by Crippen LogP contribution is -2.48. The Kier molecular flexibility index (Phi) is 4.48. The van der Waals surface area contributed by atoms with E-state index in [1.807, 2.05) is 53.4 Å². The number of carbonyl (C=O) groups is 2. The van der Waals surface area contributed by atoms with E-state index in [-0.39, 0.29) is 12.0 Å². The van der Waals surface area contributed by atoms with Gasteiger partial charge in [-0.3, -0.25) is 4.79 Å². The lowest BCUT2D eigenvalue weighted by atomic mass is 9.91. The molecule has 1 N–H and O–H groups in total. The van der Waals surface area contributed by atoms with Gasteiger partial charge in [0.05, 0.1) is 13.7 Å². The van der Waals surface area contributed by atoms with Crippen LogP contribution in [0.2, 0.25) is 0 Å². The summed E-state index contributed by atoms with van der Waals surface area (Å²) in [5.41, 5.74) is 2.10. The van der Waals surface area contributed by atoms with Gasteiger partial charge < -0.3 is 19.7 Å². The van der Waals surface area contributed by atoms with Crippen molar-refractivity contribution in [2.24, 2.45) is 0 Å². The summed E-state index contributed by atoms with van der Waals surface area (Å²) >= 11 is 0. The van der Waals surface area contributed by atoms with Crippen LogP contribution in [0.15, 0.2) is 48.5 Å². The zero-order chi connectivity index (χ0) is 18.9. The van der Waals surface area contributed by atoms with Crippen molar-refractivity contribution >= 4 is 12.0 Å². The van der Waals surface area contributed by atoms with E-state index in [4.69, 9.17) is 9.47 Å². The number of methoxy groups -OCH3 is 1. The molecule has 0 bridgehead atoms. The van der Waals surface area contributed by atoms with E-state index in [2.05, 4.69) is 5.32 Å². The fourth-order valence-electron chi connectivity index (χ4n) is 3.78. The maximum Gasteiger partial charge on any atom is 0.407 e. The molecule has 0 atom stereocenters. The molecule has 2 amide bonds. The summed E-state index contributed by atoms with van der Waals surface area (Å²) in [7, 11) is 1.64. The van der Waals surface area contributed by atoms with Crippen LogP contribution in [-0.2, 0) is 4.74 Å². The van der Waals surface area contributed by atoms with Gasteiger partial charge in [-0.2, -0.15) is 0 Å². The van der Waals surface area contributed by atoms with E-state index in [0.29, 0.717) is 38.0 Å². The van der Waals surface area contributed by atoms with Gasteiger partial charge in [0.25, 0.3) is 5.91 Å². The molecule has 2 aliphatic rings. The zero-order valence-corrected chi connectivity index (χ0v) is 15.2. The van der Waals surface area contributed by atoms with Crippen molar-refractivity contribution in [1.82, 2.24) is 10.2 Å². The van der Waals surface area contributed by atoms with Gasteiger partial charge in [0, 0.05) is 37.1 Å². The van der Waals surface area contributed by atoms with Crippen LogP contribution in [0.5, 0.6) is 5.75 Å². The Morgan fingerprint density at radius 1 is 1.15 bits per heavy atom. The van der Waals surface area contributed by atoms with E-state index < -0.39 is 5.60 Å². The standard InChI is InChI=1S/C21H22N2O4/c1-26-18-8-3-2-7-17(18)15-5-4-6-16(13-15)19(24)23-11-9-21(10-12-23)14-22-20(25)27-21/h2-8,13H,9-12,14H2,1H3,(H,22,25). The summed E-state index contributed by atoms with van der Waals surface area (Å²) in [5, 5.41) is 2.72. The van der Waals surface area contributed by atoms with Gasteiger partial charge in [-0.05, 0) is 23.8 Å². The van der Waals surface area contributed by atoms with Crippen molar-refractivity contribution in [3.05, 3.63) is 54.1 Å². The second-order valence-electron chi connectivity index (χ2n) is 7.00. The fraction of sp³-hybridized carbons (Fsp3) is 0.333. The highest BCUT2D eigenvalue weighted by Gasteiger charge is 2.43. The van der Waals surface area contributed by atoms with Crippen LogP contribution in [0.4, 0.5) is 4.79 Å². The number of para-hydroxylation sites is 1. The van der Waals surface area contributed by atoms with Crippen LogP contribution >= 0.6 is 0 Å². The number of nitrogens with zero attached hydrogens (tertiary/aromatic N) is 1. The maximum absolute atomic E-state index is 13.0. The second kappa shape index (κ2) is 6.95. The van der Waals surface area contributed by atoms with Crippen molar-refractivity contribution in [2.45, 2.75) is 18.4 Å². The van der Waals surface area contributed by atoms with Gasteiger partial charge in [-0.1, -0.05) is 30.3 Å². The van der Waals surface area contributed by atoms with E-state index in [1.54, 1.807) is 7.11 Å². The SMILES string of the molecule is COc1ccccc1-c1cccc(C(=O)N2CCC3(CC2)CNC(=O)O3)c1. The minimum absolute atomic E-state index is 0.00104. The molecule has 6 nitrogen and oxygen atoms in total. The Labute approximate surface area is 158 Å². The number of likely N-dealkylation sites (tertiary alicyclic amines) is 1. The predicted octanol–water partition coefficient (Wildman–Crippen LogP) is 3.08. The van der Waals surface area contributed by atoms with Gasteiger partial charge in [-0.25, -0.2) is 4.79 Å². The number of nitrogens with one attached hydrogen (secondary N) is 1. The number of hydrogen-bond donors (Lipinski definition) is 1. The smallest absolute Gasteiger partial charge is 0.407 e. The molecule has 2 aromatic carbocycles. The Morgan fingerprint density at radius 3 is 2.63 bits per heavy atom. The molecule has 140 valence electrons. The van der Waals surface area contributed by atoms with Crippen molar-refractivity contribution in [1.29, 1.82) is 0 Å². The molecule has 6 heteroatoms. The van der Waals surface area contributed by atoms with E-state index in [1.165, 1.54) is 0 Å². The van der Waals surface area contributed by atoms with Crippen LogP contribution in [0.1, 0.15) is 23.2 Å². The number of benzene rings is 2. The topological polar surface area (TPSA) is 67.9 Å². The van der Waals surface area contributed by atoms with Crippen LogP contribution in [-0.4, -0.2) is 49.2 Å². The van der Waals surface area contributed by atoms with Gasteiger partial charge in [0.2, 0.25) is 0 Å². The first-order valence-corrected chi connectivity index (χ1v) is 9.10. The first-order valence-electron chi connectivity index (χ1n) is 9.10. The average molecular weight is 366 g/mol. The van der Waals surface area contributed by atoms with Crippen molar-refractivity contribution in [3.63, 3.8) is 0 Å². The van der Waals surface area contributed by atoms with Crippen molar-refractivity contribution < 1.29 is 19.1 Å². The Morgan fingerprint density at radius 2 is 1.93 bits per heavy atom. The molecule has 0 radical (unpaired) electrons. The summed E-state index contributed by atoms with van der Waals surface area (Å²) in [5.74, 6) is 0.774. The summed E-state index contributed by atoms with van der Waals surface area (Å²) in [6.45, 7) is 1.68. The van der Waals surface area contributed by atoms with Gasteiger partial charge in [0.1, 0.15) is 11.4 Å². The second-order valence-corrected chi connectivity index (χ2v) is 7.00. The number of rotatable bonds is 3. The molecule has 27 heavy (non-hydrogen) atoms. The highest BCUT2D eigenvalue weighted by molar-refractivity contribution is 5.95. The normalized spacial score (nSPS) is 18.1. The lowest BCUT2D eigenvalue weighted by Gasteiger charge is -2.37. The third kappa shape index (κ3) is 3.35. The van der Waals surface area contributed by atoms with E-state index in [9.17, 15) is 9.59 Å². The molecule has 2 aromatic rings. The number of ether oxygens (including phenoxy) is 2. The van der Waals surface area contributed by atoms with E-state index >= 15 is 0 Å². The predicted molar refractivity (Wildman–Crippen MR) is 101 cm³/mol. The maximum atomic E-state index is 13.0. The first-order chi connectivity index (χ1) is 13.1. The van der Waals surface area contributed by atoms with Gasteiger partial charge in [-0.15, -0.1) is 0 Å². The highest BCUT2D eigenvalue weighted by atomic mass is 16.6. The van der Waals surface area contributed by atoms with Gasteiger partial charge in [0.15, 0.2) is 0 Å². The molecule has 0 aliphatic carbocycles. The molecular weight excluding hydrogens is 344 g/mol. The number of hydrogen-bond acceptors (Lipinski definition) is 4. The summed E-state index contributed by atoms with van der Waals surface area (Å²) in [6.07, 6.45) is 0.951. The summed E-state index contributed by atoms with van der Waals surface area (Å²) in [4.78, 5) is 26.2. The van der Waals surface area contributed by atoms with Crippen molar-refractivity contribution in [3.8, 4) is 16.9 Å². The van der Waals surface area contributed by atoms with E-state index in [0.717, 1.165) is 16.9 Å². The molecule has 0 aromatic heterocycles. The molecule has 0 saturated carbocycles. The highest BCUT2D eigenvalue weighted by Crippen LogP contribution is 2.32. The number of piperidine rings is 1. The summed E-state index contributed by atoms with van der Waals surface area (Å²) < 4.78 is 10.9. The Hall–Kier alpha value is -3.02. The average Bonchev–Trinajstić information content (AvgIpc) is 3.08. The monoisotopic (exact) mass is 366 g/mol. The quantitative estimate of drug-likeness (QED) is 0.906. The number of carbonyl (C=O) groups excluding carboxylic acids is 2. The molecule has 1 spiro atoms. The molecule has 2 heterocycles. The minimum Gasteiger partial charge on any atom is -0.496 e.